The lowest BCUT2D eigenvalue weighted by Gasteiger charge is -2.28. The van der Waals surface area contributed by atoms with Crippen LogP contribution in [0, 0.1) is 17.0 Å². The van der Waals surface area contributed by atoms with Crippen LogP contribution in [0.2, 0.25) is 0 Å². The van der Waals surface area contributed by atoms with Gasteiger partial charge in [-0.15, -0.1) is 0 Å². The van der Waals surface area contributed by atoms with E-state index in [1.165, 1.54) is 18.2 Å². The average Bonchev–Trinajstić information content (AvgIpc) is 2.20. The van der Waals surface area contributed by atoms with Gasteiger partial charge in [0.15, 0.2) is 0 Å². The number of nitrogens with zero attached hydrogens (tertiary/aromatic N) is 1. The zero-order valence-corrected chi connectivity index (χ0v) is 9.26. The van der Waals surface area contributed by atoms with Gasteiger partial charge in [0.2, 0.25) is 5.90 Å². The van der Waals surface area contributed by atoms with E-state index < -0.39 is 11.6 Å². The number of halogens is 2. The van der Waals surface area contributed by atoms with Crippen molar-refractivity contribution in [2.24, 2.45) is 10.4 Å². The van der Waals surface area contributed by atoms with Gasteiger partial charge in [0.1, 0.15) is 17.2 Å². The third kappa shape index (κ3) is 2.05. The molecule has 0 saturated carbocycles. The molecular weight excluding hydrogens is 212 g/mol. The Morgan fingerprint density at radius 2 is 1.88 bits per heavy atom. The maximum absolute atomic E-state index is 13.4. The second-order valence-corrected chi connectivity index (χ2v) is 4.67. The number of benzene rings is 1. The minimum atomic E-state index is -0.640. The second kappa shape index (κ2) is 3.85. The van der Waals surface area contributed by atoms with E-state index in [0.29, 0.717) is 13.2 Å². The molecular formula is C12H13F2NO. The van der Waals surface area contributed by atoms with E-state index in [1.807, 2.05) is 13.8 Å². The lowest BCUT2D eigenvalue weighted by atomic mass is 9.94. The Morgan fingerprint density at radius 3 is 2.38 bits per heavy atom. The third-order valence-corrected chi connectivity index (χ3v) is 2.43. The predicted molar refractivity (Wildman–Crippen MR) is 57.5 cm³/mol. The van der Waals surface area contributed by atoms with Crippen molar-refractivity contribution >= 4 is 5.90 Å². The van der Waals surface area contributed by atoms with Gasteiger partial charge in [-0.05, 0) is 12.1 Å². The van der Waals surface area contributed by atoms with Gasteiger partial charge in [0.05, 0.1) is 13.2 Å². The molecule has 0 atom stereocenters. The average molecular weight is 225 g/mol. The highest BCUT2D eigenvalue weighted by Gasteiger charge is 2.27. The summed E-state index contributed by atoms with van der Waals surface area (Å²) in [4.78, 5) is 4.09. The summed E-state index contributed by atoms with van der Waals surface area (Å²) < 4.78 is 32.2. The molecule has 16 heavy (non-hydrogen) atoms. The topological polar surface area (TPSA) is 21.6 Å². The summed E-state index contributed by atoms with van der Waals surface area (Å²) in [6.07, 6.45) is 0. The van der Waals surface area contributed by atoms with Crippen molar-refractivity contribution in [3.05, 3.63) is 35.4 Å². The molecule has 0 N–H and O–H groups in total. The van der Waals surface area contributed by atoms with Crippen molar-refractivity contribution in [3.8, 4) is 0 Å². The first-order valence-corrected chi connectivity index (χ1v) is 5.11. The molecule has 0 unspecified atom stereocenters. The standard InChI is InChI=1S/C12H13F2NO/c1-12(2)6-15-11(16-7-12)10-8(13)4-3-5-9(10)14/h3-5H,6-7H2,1-2H3. The van der Waals surface area contributed by atoms with Gasteiger partial charge in [-0.25, -0.2) is 8.78 Å². The van der Waals surface area contributed by atoms with Crippen LogP contribution in [0.1, 0.15) is 19.4 Å². The molecule has 0 amide bonds. The molecule has 1 aliphatic heterocycles. The number of aliphatic imine (C=N–C) groups is 1. The third-order valence-electron chi connectivity index (χ3n) is 2.43. The molecule has 1 heterocycles. The molecule has 0 radical (unpaired) electrons. The number of rotatable bonds is 1. The first-order valence-electron chi connectivity index (χ1n) is 5.11. The van der Waals surface area contributed by atoms with Gasteiger partial charge >= 0.3 is 0 Å². The predicted octanol–water partition coefficient (Wildman–Crippen LogP) is 2.77. The number of hydrogen-bond acceptors (Lipinski definition) is 2. The largest absolute Gasteiger partial charge is 0.477 e. The minimum Gasteiger partial charge on any atom is -0.477 e. The molecule has 4 heteroatoms. The van der Waals surface area contributed by atoms with Gasteiger partial charge in [-0.3, -0.25) is 4.99 Å². The first-order chi connectivity index (χ1) is 7.49. The molecule has 86 valence electrons. The van der Waals surface area contributed by atoms with Gasteiger partial charge in [-0.1, -0.05) is 19.9 Å². The molecule has 0 saturated heterocycles. The molecule has 0 aromatic heterocycles. The van der Waals surface area contributed by atoms with Crippen LogP contribution in [0.4, 0.5) is 8.78 Å². The van der Waals surface area contributed by atoms with Crippen molar-refractivity contribution in [1.29, 1.82) is 0 Å². The van der Waals surface area contributed by atoms with E-state index in [9.17, 15) is 8.78 Å². The summed E-state index contributed by atoms with van der Waals surface area (Å²) in [6, 6.07) is 3.72. The summed E-state index contributed by atoms with van der Waals surface area (Å²) in [6.45, 7) is 4.91. The van der Waals surface area contributed by atoms with E-state index in [1.54, 1.807) is 0 Å². The Morgan fingerprint density at radius 1 is 1.25 bits per heavy atom. The van der Waals surface area contributed by atoms with Crippen LogP contribution in [0.5, 0.6) is 0 Å². The Hall–Kier alpha value is -1.45. The Labute approximate surface area is 93.0 Å². The van der Waals surface area contributed by atoms with Crippen LogP contribution in [-0.2, 0) is 4.74 Å². The Kier molecular flexibility index (Phi) is 2.66. The van der Waals surface area contributed by atoms with Crippen molar-refractivity contribution in [3.63, 3.8) is 0 Å². The quantitative estimate of drug-likeness (QED) is 0.720. The molecule has 1 aliphatic rings. The summed E-state index contributed by atoms with van der Waals surface area (Å²) >= 11 is 0. The fourth-order valence-electron chi connectivity index (χ4n) is 1.49. The first kappa shape index (κ1) is 11.0. The Balaban J connectivity index is 2.36. The highest BCUT2D eigenvalue weighted by molar-refractivity contribution is 5.95. The second-order valence-electron chi connectivity index (χ2n) is 4.67. The van der Waals surface area contributed by atoms with Crippen LogP contribution < -0.4 is 0 Å². The summed E-state index contributed by atoms with van der Waals surface area (Å²) in [5.74, 6) is -1.22. The number of ether oxygens (including phenoxy) is 1. The summed E-state index contributed by atoms with van der Waals surface area (Å²) in [7, 11) is 0. The highest BCUT2D eigenvalue weighted by atomic mass is 19.1. The van der Waals surface area contributed by atoms with Crippen LogP contribution in [0.15, 0.2) is 23.2 Å². The van der Waals surface area contributed by atoms with Crippen molar-refractivity contribution in [2.75, 3.05) is 13.2 Å². The van der Waals surface area contributed by atoms with Crippen molar-refractivity contribution in [1.82, 2.24) is 0 Å². The molecule has 0 aliphatic carbocycles. The zero-order chi connectivity index (χ0) is 11.8. The van der Waals surface area contributed by atoms with Gasteiger partial charge in [0, 0.05) is 5.41 Å². The number of hydrogen-bond donors (Lipinski definition) is 0. The fraction of sp³-hybridized carbons (Fsp3) is 0.417. The molecule has 0 bridgehead atoms. The monoisotopic (exact) mass is 225 g/mol. The van der Waals surface area contributed by atoms with E-state index in [2.05, 4.69) is 4.99 Å². The zero-order valence-electron chi connectivity index (χ0n) is 9.26. The van der Waals surface area contributed by atoms with Gasteiger partial charge in [0.25, 0.3) is 0 Å². The smallest absolute Gasteiger partial charge is 0.222 e. The lowest BCUT2D eigenvalue weighted by molar-refractivity contribution is 0.156. The van der Waals surface area contributed by atoms with E-state index in [-0.39, 0.29) is 16.9 Å². The molecule has 0 fully saturated rings. The molecule has 0 spiro atoms. The maximum Gasteiger partial charge on any atom is 0.222 e. The van der Waals surface area contributed by atoms with Crippen LogP contribution in [-0.4, -0.2) is 19.0 Å². The minimum absolute atomic E-state index is 0.0647. The molecule has 1 aromatic rings. The lowest BCUT2D eigenvalue weighted by Crippen LogP contribution is -2.31. The summed E-state index contributed by atoms with van der Waals surface area (Å²) in [5.41, 5.74) is -0.247. The van der Waals surface area contributed by atoms with Gasteiger partial charge in [-0.2, -0.15) is 0 Å². The van der Waals surface area contributed by atoms with E-state index in [4.69, 9.17) is 4.74 Å². The normalized spacial score (nSPS) is 18.9. The van der Waals surface area contributed by atoms with E-state index >= 15 is 0 Å². The molecule has 1 aromatic carbocycles. The molecule has 2 rings (SSSR count). The van der Waals surface area contributed by atoms with E-state index in [0.717, 1.165) is 0 Å². The SMILES string of the molecule is CC1(C)CN=C(c2c(F)cccc2F)OC1. The Bertz CT molecular complexity index is 420. The van der Waals surface area contributed by atoms with Crippen molar-refractivity contribution in [2.45, 2.75) is 13.8 Å². The highest BCUT2D eigenvalue weighted by Crippen LogP contribution is 2.23. The van der Waals surface area contributed by atoms with Crippen LogP contribution in [0.25, 0.3) is 0 Å². The fourth-order valence-corrected chi connectivity index (χ4v) is 1.49. The van der Waals surface area contributed by atoms with Crippen molar-refractivity contribution < 1.29 is 13.5 Å². The van der Waals surface area contributed by atoms with Crippen LogP contribution >= 0.6 is 0 Å². The molecule has 2 nitrogen and oxygen atoms in total. The van der Waals surface area contributed by atoms with Gasteiger partial charge < -0.3 is 4.74 Å². The summed E-state index contributed by atoms with van der Waals surface area (Å²) in [5, 5.41) is 0. The maximum atomic E-state index is 13.4. The van der Waals surface area contributed by atoms with Crippen LogP contribution in [0.3, 0.4) is 0 Å².